The molecule has 0 aliphatic carbocycles. The van der Waals surface area contributed by atoms with Gasteiger partial charge in [0, 0.05) is 0 Å². The fraction of sp³-hybridized carbons (Fsp3) is 0.833. The van der Waals surface area contributed by atoms with Gasteiger partial charge in [0.15, 0.2) is 0 Å². The van der Waals surface area contributed by atoms with Gasteiger partial charge in [-0.3, -0.25) is 0 Å². The summed E-state index contributed by atoms with van der Waals surface area (Å²) >= 11 is 0. The van der Waals surface area contributed by atoms with Crippen LogP contribution in [0.2, 0.25) is 0 Å². The number of unbranched alkanes of at least 4 members (excludes halogenated alkanes) is 4. The normalized spacial score (nSPS) is 11.2. The monoisotopic (exact) mass is 183 g/mol. The summed E-state index contributed by atoms with van der Waals surface area (Å²) in [5, 5.41) is 3.31. The smallest absolute Gasteiger partial charge is 0.00144 e. The van der Waals surface area contributed by atoms with Gasteiger partial charge in [-0.25, -0.2) is 0 Å². The van der Waals surface area contributed by atoms with E-state index in [4.69, 9.17) is 0 Å². The van der Waals surface area contributed by atoms with Crippen LogP contribution in [0.3, 0.4) is 0 Å². The summed E-state index contributed by atoms with van der Waals surface area (Å²) in [6, 6.07) is 0. The minimum Gasteiger partial charge on any atom is -0.317 e. The first-order chi connectivity index (χ1) is 6.41. The molecular formula is C12H25N. The Kier molecular flexibility index (Phi) is 11.4. The van der Waals surface area contributed by atoms with Crippen LogP contribution < -0.4 is 5.32 Å². The van der Waals surface area contributed by atoms with Crippen LogP contribution in [0.1, 0.15) is 52.4 Å². The van der Waals surface area contributed by atoms with E-state index in [0.717, 1.165) is 13.1 Å². The second-order valence-corrected chi connectivity index (χ2v) is 3.46. The molecule has 0 aromatic rings. The Morgan fingerprint density at radius 1 is 0.923 bits per heavy atom. The summed E-state index contributed by atoms with van der Waals surface area (Å²) in [5.74, 6) is 0. The third-order valence-corrected chi connectivity index (χ3v) is 2.13. The van der Waals surface area contributed by atoms with Gasteiger partial charge in [0.2, 0.25) is 0 Å². The molecule has 78 valence electrons. The summed E-state index contributed by atoms with van der Waals surface area (Å²) in [5.41, 5.74) is 0. The summed E-state index contributed by atoms with van der Waals surface area (Å²) < 4.78 is 0. The lowest BCUT2D eigenvalue weighted by Crippen LogP contribution is -2.12. The Hall–Kier alpha value is -0.300. The van der Waals surface area contributed by atoms with Crippen molar-refractivity contribution in [2.24, 2.45) is 0 Å². The molecule has 0 aromatic heterocycles. The topological polar surface area (TPSA) is 12.0 Å². The molecule has 1 heteroatoms. The van der Waals surface area contributed by atoms with Crippen molar-refractivity contribution in [1.29, 1.82) is 0 Å². The van der Waals surface area contributed by atoms with Gasteiger partial charge < -0.3 is 5.32 Å². The van der Waals surface area contributed by atoms with Gasteiger partial charge in [0.05, 0.1) is 0 Å². The van der Waals surface area contributed by atoms with Crippen molar-refractivity contribution in [2.45, 2.75) is 52.4 Å². The molecule has 0 saturated carbocycles. The molecular weight excluding hydrogens is 158 g/mol. The van der Waals surface area contributed by atoms with E-state index in [9.17, 15) is 0 Å². The minimum atomic E-state index is 1.09. The van der Waals surface area contributed by atoms with E-state index in [1.54, 1.807) is 0 Å². The Morgan fingerprint density at radius 3 is 2.38 bits per heavy atom. The highest BCUT2D eigenvalue weighted by Gasteiger charge is 1.84. The molecule has 1 N–H and O–H groups in total. The van der Waals surface area contributed by atoms with Gasteiger partial charge in [0.1, 0.15) is 0 Å². The van der Waals surface area contributed by atoms with Crippen LogP contribution in [0.4, 0.5) is 0 Å². The number of nitrogens with one attached hydrogen (secondary N) is 1. The van der Waals surface area contributed by atoms with E-state index >= 15 is 0 Å². The number of allylic oxidation sites excluding steroid dienone is 1. The van der Waals surface area contributed by atoms with Crippen LogP contribution in [0, 0.1) is 0 Å². The molecule has 0 aliphatic rings. The van der Waals surface area contributed by atoms with E-state index < -0.39 is 0 Å². The first kappa shape index (κ1) is 12.7. The fourth-order valence-electron chi connectivity index (χ4n) is 1.29. The van der Waals surface area contributed by atoms with Gasteiger partial charge in [-0.15, -0.1) is 0 Å². The van der Waals surface area contributed by atoms with Crippen molar-refractivity contribution in [3.8, 4) is 0 Å². The van der Waals surface area contributed by atoms with Crippen LogP contribution >= 0.6 is 0 Å². The second-order valence-electron chi connectivity index (χ2n) is 3.46. The highest BCUT2D eigenvalue weighted by atomic mass is 14.8. The predicted molar refractivity (Wildman–Crippen MR) is 61.1 cm³/mol. The van der Waals surface area contributed by atoms with Crippen molar-refractivity contribution in [2.75, 3.05) is 13.1 Å². The summed E-state index contributed by atoms with van der Waals surface area (Å²) in [7, 11) is 0. The SMILES string of the molecule is CCCCCCC=CCCNCC. The second kappa shape index (κ2) is 11.7. The molecule has 0 atom stereocenters. The molecule has 0 bridgehead atoms. The molecule has 0 heterocycles. The summed E-state index contributed by atoms with van der Waals surface area (Å²) in [4.78, 5) is 0. The average molecular weight is 183 g/mol. The predicted octanol–water partition coefficient (Wildman–Crippen LogP) is 3.51. The zero-order chi connectivity index (χ0) is 9.78. The van der Waals surface area contributed by atoms with E-state index in [-0.39, 0.29) is 0 Å². The van der Waals surface area contributed by atoms with Crippen LogP contribution in [-0.2, 0) is 0 Å². The van der Waals surface area contributed by atoms with Gasteiger partial charge in [0.25, 0.3) is 0 Å². The van der Waals surface area contributed by atoms with Crippen LogP contribution in [0.15, 0.2) is 12.2 Å². The molecule has 0 rings (SSSR count). The quantitative estimate of drug-likeness (QED) is 0.426. The molecule has 0 radical (unpaired) electrons. The number of hydrogen-bond donors (Lipinski definition) is 1. The van der Waals surface area contributed by atoms with Gasteiger partial charge in [-0.05, 0) is 32.4 Å². The van der Waals surface area contributed by atoms with Gasteiger partial charge in [-0.1, -0.05) is 45.3 Å². The van der Waals surface area contributed by atoms with Crippen molar-refractivity contribution >= 4 is 0 Å². The van der Waals surface area contributed by atoms with Gasteiger partial charge >= 0.3 is 0 Å². The largest absolute Gasteiger partial charge is 0.317 e. The molecule has 0 aromatic carbocycles. The van der Waals surface area contributed by atoms with Crippen LogP contribution in [0.25, 0.3) is 0 Å². The Balaban J connectivity index is 2.95. The van der Waals surface area contributed by atoms with Crippen molar-refractivity contribution in [1.82, 2.24) is 5.32 Å². The molecule has 0 aliphatic heterocycles. The Bertz CT molecular complexity index is 108. The molecule has 0 unspecified atom stereocenters. The van der Waals surface area contributed by atoms with E-state index in [1.807, 2.05) is 0 Å². The summed E-state index contributed by atoms with van der Waals surface area (Å²) in [6.07, 6.45) is 12.6. The third-order valence-electron chi connectivity index (χ3n) is 2.13. The standard InChI is InChI=1S/C12H25N/c1-3-5-6-7-8-9-10-11-12-13-4-2/h9-10,13H,3-8,11-12H2,1-2H3. The van der Waals surface area contributed by atoms with Crippen molar-refractivity contribution in [3.05, 3.63) is 12.2 Å². The first-order valence-electron chi connectivity index (χ1n) is 5.77. The number of rotatable bonds is 9. The summed E-state index contributed by atoms with van der Waals surface area (Å²) in [6.45, 7) is 6.62. The lowest BCUT2D eigenvalue weighted by atomic mass is 10.1. The van der Waals surface area contributed by atoms with E-state index in [0.29, 0.717) is 0 Å². The maximum absolute atomic E-state index is 3.31. The molecule has 0 saturated heterocycles. The van der Waals surface area contributed by atoms with E-state index in [1.165, 1.54) is 38.5 Å². The molecule has 13 heavy (non-hydrogen) atoms. The highest BCUT2D eigenvalue weighted by Crippen LogP contribution is 2.02. The molecule has 1 nitrogen and oxygen atoms in total. The average Bonchev–Trinajstić information content (AvgIpc) is 2.16. The van der Waals surface area contributed by atoms with Gasteiger partial charge in [-0.2, -0.15) is 0 Å². The lowest BCUT2D eigenvalue weighted by Gasteiger charge is -1.96. The number of hydrogen-bond acceptors (Lipinski definition) is 1. The lowest BCUT2D eigenvalue weighted by molar-refractivity contribution is 0.672. The zero-order valence-electron chi connectivity index (χ0n) is 9.31. The minimum absolute atomic E-state index is 1.09. The zero-order valence-corrected chi connectivity index (χ0v) is 9.31. The molecule has 0 spiro atoms. The first-order valence-corrected chi connectivity index (χ1v) is 5.77. The highest BCUT2D eigenvalue weighted by molar-refractivity contribution is 4.81. The Labute approximate surface area is 83.6 Å². The maximum Gasteiger partial charge on any atom is -0.00144 e. The van der Waals surface area contributed by atoms with Crippen LogP contribution in [0.5, 0.6) is 0 Å². The maximum atomic E-state index is 3.31. The third kappa shape index (κ3) is 11.7. The van der Waals surface area contributed by atoms with Crippen molar-refractivity contribution in [3.63, 3.8) is 0 Å². The van der Waals surface area contributed by atoms with Crippen LogP contribution in [-0.4, -0.2) is 13.1 Å². The fourth-order valence-corrected chi connectivity index (χ4v) is 1.29. The molecule has 0 fully saturated rings. The van der Waals surface area contributed by atoms with Crippen molar-refractivity contribution < 1.29 is 0 Å². The molecule has 0 amide bonds. The Morgan fingerprint density at radius 2 is 1.69 bits per heavy atom. The van der Waals surface area contributed by atoms with E-state index in [2.05, 4.69) is 31.3 Å².